The number of rotatable bonds is 6. The second-order valence-corrected chi connectivity index (χ2v) is 5.06. The van der Waals surface area contributed by atoms with Gasteiger partial charge in [-0.2, -0.15) is 4.98 Å². The van der Waals surface area contributed by atoms with Crippen molar-refractivity contribution in [3.8, 4) is 5.88 Å². The third kappa shape index (κ3) is 5.52. The molecule has 1 aromatic heterocycles. The van der Waals surface area contributed by atoms with E-state index in [0.717, 1.165) is 6.42 Å². The summed E-state index contributed by atoms with van der Waals surface area (Å²) < 4.78 is 5.53. The van der Waals surface area contributed by atoms with Crippen molar-refractivity contribution < 1.29 is 4.74 Å². The number of hydrogen-bond acceptors (Lipinski definition) is 4. The van der Waals surface area contributed by atoms with E-state index in [1.807, 2.05) is 13.8 Å². The minimum atomic E-state index is 0.130. The minimum absolute atomic E-state index is 0.130. The largest absolute Gasteiger partial charge is 0.475 e. The Morgan fingerprint density at radius 2 is 1.94 bits per heavy atom. The molecule has 0 bridgehead atoms. The predicted octanol–water partition coefficient (Wildman–Crippen LogP) is 3.11. The number of nitrogens with zero attached hydrogens (tertiary/aromatic N) is 2. The molecular formula is C13H23N3O. The first-order chi connectivity index (χ1) is 7.97. The predicted molar refractivity (Wildman–Crippen MR) is 70.3 cm³/mol. The lowest BCUT2D eigenvalue weighted by Gasteiger charge is -2.16. The normalized spacial score (nSPS) is 12.9. The van der Waals surface area contributed by atoms with Crippen LogP contribution < -0.4 is 10.1 Å². The van der Waals surface area contributed by atoms with Gasteiger partial charge >= 0.3 is 0 Å². The van der Waals surface area contributed by atoms with Gasteiger partial charge in [0.1, 0.15) is 0 Å². The Hall–Kier alpha value is -1.32. The van der Waals surface area contributed by atoms with E-state index in [2.05, 4.69) is 36.1 Å². The summed E-state index contributed by atoms with van der Waals surface area (Å²) in [6, 6.07) is 2.14. The number of hydrogen-bond donors (Lipinski definition) is 1. The Labute approximate surface area is 104 Å². The van der Waals surface area contributed by atoms with Gasteiger partial charge in [0.05, 0.1) is 6.10 Å². The number of nitrogens with one attached hydrogen (secondary N) is 1. The van der Waals surface area contributed by atoms with Gasteiger partial charge in [-0.3, -0.25) is 0 Å². The summed E-state index contributed by atoms with van der Waals surface area (Å²) in [4.78, 5) is 8.51. The first kappa shape index (κ1) is 13.7. The molecule has 17 heavy (non-hydrogen) atoms. The fraction of sp³-hybridized carbons (Fsp3) is 0.692. The van der Waals surface area contributed by atoms with E-state index in [-0.39, 0.29) is 6.10 Å². The molecule has 1 rings (SSSR count). The van der Waals surface area contributed by atoms with E-state index in [9.17, 15) is 0 Å². The standard InChI is InChI=1S/C13H23N3O/c1-9(2)8-11(5)15-13-14-7-6-12(16-13)17-10(3)4/h6-7,9-11H,8H2,1-5H3,(H,14,15,16). The molecule has 4 nitrogen and oxygen atoms in total. The molecular weight excluding hydrogens is 214 g/mol. The summed E-state index contributed by atoms with van der Waals surface area (Å²) in [5, 5.41) is 3.28. The number of ether oxygens (including phenoxy) is 1. The van der Waals surface area contributed by atoms with Gasteiger partial charge in [0.15, 0.2) is 0 Å². The summed E-state index contributed by atoms with van der Waals surface area (Å²) in [5.74, 6) is 1.91. The fourth-order valence-electron chi connectivity index (χ4n) is 1.71. The average molecular weight is 237 g/mol. The van der Waals surface area contributed by atoms with E-state index in [0.29, 0.717) is 23.8 Å². The third-order valence-corrected chi connectivity index (χ3v) is 2.19. The van der Waals surface area contributed by atoms with Gasteiger partial charge < -0.3 is 10.1 Å². The van der Waals surface area contributed by atoms with Crippen LogP contribution in [0.25, 0.3) is 0 Å². The SMILES string of the molecule is CC(C)CC(C)Nc1nccc(OC(C)C)n1. The van der Waals surface area contributed by atoms with Crippen LogP contribution in [-0.4, -0.2) is 22.1 Å². The molecule has 0 aliphatic rings. The molecule has 1 N–H and O–H groups in total. The van der Waals surface area contributed by atoms with Crippen molar-refractivity contribution in [1.29, 1.82) is 0 Å². The molecule has 0 radical (unpaired) electrons. The molecule has 0 aliphatic heterocycles. The van der Waals surface area contributed by atoms with E-state index in [1.165, 1.54) is 0 Å². The van der Waals surface area contributed by atoms with Crippen LogP contribution in [0.5, 0.6) is 5.88 Å². The zero-order valence-electron chi connectivity index (χ0n) is 11.4. The van der Waals surface area contributed by atoms with Gasteiger partial charge in [0.25, 0.3) is 0 Å². The summed E-state index contributed by atoms with van der Waals surface area (Å²) >= 11 is 0. The molecule has 0 aromatic carbocycles. The molecule has 1 unspecified atom stereocenters. The van der Waals surface area contributed by atoms with Crippen LogP contribution in [0.4, 0.5) is 5.95 Å². The van der Waals surface area contributed by atoms with Crippen molar-refractivity contribution in [2.75, 3.05) is 5.32 Å². The smallest absolute Gasteiger partial charge is 0.226 e. The summed E-state index contributed by atoms with van der Waals surface area (Å²) in [6.45, 7) is 10.5. The van der Waals surface area contributed by atoms with E-state index in [4.69, 9.17) is 4.74 Å². The lowest BCUT2D eigenvalue weighted by molar-refractivity contribution is 0.232. The summed E-state index contributed by atoms with van der Waals surface area (Å²) in [7, 11) is 0. The number of anilines is 1. The highest BCUT2D eigenvalue weighted by Crippen LogP contribution is 2.13. The maximum absolute atomic E-state index is 5.53. The molecule has 0 fully saturated rings. The van der Waals surface area contributed by atoms with Crippen LogP contribution in [0.2, 0.25) is 0 Å². The molecule has 1 atom stereocenters. The fourth-order valence-corrected chi connectivity index (χ4v) is 1.71. The van der Waals surface area contributed by atoms with Crippen LogP contribution in [0.1, 0.15) is 41.0 Å². The second kappa shape index (κ2) is 6.42. The first-order valence-electron chi connectivity index (χ1n) is 6.23. The monoisotopic (exact) mass is 237 g/mol. The van der Waals surface area contributed by atoms with Gasteiger partial charge in [-0.1, -0.05) is 13.8 Å². The zero-order valence-corrected chi connectivity index (χ0v) is 11.4. The van der Waals surface area contributed by atoms with Gasteiger partial charge in [-0.15, -0.1) is 0 Å². The van der Waals surface area contributed by atoms with Crippen molar-refractivity contribution in [3.05, 3.63) is 12.3 Å². The van der Waals surface area contributed by atoms with Gasteiger partial charge in [-0.05, 0) is 33.1 Å². The number of aromatic nitrogens is 2. The molecule has 4 heteroatoms. The minimum Gasteiger partial charge on any atom is -0.475 e. The van der Waals surface area contributed by atoms with Crippen LogP contribution in [-0.2, 0) is 0 Å². The Morgan fingerprint density at radius 3 is 2.53 bits per heavy atom. The van der Waals surface area contributed by atoms with Crippen molar-refractivity contribution in [3.63, 3.8) is 0 Å². The molecule has 0 amide bonds. The summed E-state index contributed by atoms with van der Waals surface area (Å²) in [5.41, 5.74) is 0. The van der Waals surface area contributed by atoms with Crippen molar-refractivity contribution in [2.24, 2.45) is 5.92 Å². The maximum atomic E-state index is 5.53. The van der Waals surface area contributed by atoms with Gasteiger partial charge in [-0.25, -0.2) is 4.98 Å². The van der Waals surface area contributed by atoms with Crippen LogP contribution in [0.3, 0.4) is 0 Å². The highest BCUT2D eigenvalue weighted by atomic mass is 16.5. The third-order valence-electron chi connectivity index (χ3n) is 2.19. The zero-order chi connectivity index (χ0) is 12.8. The van der Waals surface area contributed by atoms with Gasteiger partial charge in [0.2, 0.25) is 11.8 Å². The Bertz CT molecular complexity index is 339. The molecule has 96 valence electrons. The van der Waals surface area contributed by atoms with Crippen LogP contribution in [0.15, 0.2) is 12.3 Å². The highest BCUT2D eigenvalue weighted by molar-refractivity contribution is 5.28. The Morgan fingerprint density at radius 1 is 1.24 bits per heavy atom. The summed E-state index contributed by atoms with van der Waals surface area (Å²) in [6.07, 6.45) is 2.94. The molecule has 1 heterocycles. The van der Waals surface area contributed by atoms with E-state index >= 15 is 0 Å². The average Bonchev–Trinajstić information content (AvgIpc) is 2.14. The van der Waals surface area contributed by atoms with Crippen molar-refractivity contribution in [1.82, 2.24) is 9.97 Å². The molecule has 0 saturated heterocycles. The lowest BCUT2D eigenvalue weighted by Crippen LogP contribution is -2.19. The highest BCUT2D eigenvalue weighted by Gasteiger charge is 2.07. The van der Waals surface area contributed by atoms with Crippen LogP contribution in [0, 0.1) is 5.92 Å². The Kier molecular flexibility index (Phi) is 5.19. The molecule has 0 aliphatic carbocycles. The Balaban J connectivity index is 2.59. The molecule has 0 spiro atoms. The van der Waals surface area contributed by atoms with E-state index in [1.54, 1.807) is 12.3 Å². The maximum Gasteiger partial charge on any atom is 0.226 e. The first-order valence-corrected chi connectivity index (χ1v) is 6.23. The topological polar surface area (TPSA) is 47.0 Å². The van der Waals surface area contributed by atoms with Crippen molar-refractivity contribution >= 4 is 5.95 Å². The van der Waals surface area contributed by atoms with Gasteiger partial charge in [0, 0.05) is 18.3 Å². The second-order valence-electron chi connectivity index (χ2n) is 5.06. The van der Waals surface area contributed by atoms with Crippen LogP contribution >= 0.6 is 0 Å². The van der Waals surface area contributed by atoms with E-state index < -0.39 is 0 Å². The van der Waals surface area contributed by atoms with Crippen molar-refractivity contribution in [2.45, 2.75) is 53.2 Å². The quantitative estimate of drug-likeness (QED) is 0.825. The lowest BCUT2D eigenvalue weighted by atomic mass is 10.1. The molecule has 1 aromatic rings. The molecule has 0 saturated carbocycles.